The van der Waals surface area contributed by atoms with Gasteiger partial charge in [0, 0.05) is 0 Å². The average molecular weight is 186 g/mol. The van der Waals surface area contributed by atoms with E-state index in [1.807, 2.05) is 0 Å². The number of cyclic esters (lactones) is 1. The van der Waals surface area contributed by atoms with Crippen molar-refractivity contribution >= 4 is 5.97 Å². The summed E-state index contributed by atoms with van der Waals surface area (Å²) in [6.07, 6.45) is 4.10. The molecule has 0 bridgehead atoms. The number of hydrogen-bond acceptors (Lipinski definition) is 3. The lowest BCUT2D eigenvalue weighted by molar-refractivity contribution is -0.149. The van der Waals surface area contributed by atoms with Crippen molar-refractivity contribution in [1.82, 2.24) is 0 Å². The van der Waals surface area contributed by atoms with Gasteiger partial charge in [-0.15, -0.1) is 0 Å². The SMILES string of the molecule is CCCCC1CCC(O)COC1=O. The van der Waals surface area contributed by atoms with Crippen LogP contribution in [0.3, 0.4) is 0 Å². The quantitative estimate of drug-likeness (QED) is 0.679. The van der Waals surface area contributed by atoms with E-state index >= 15 is 0 Å². The highest BCUT2D eigenvalue weighted by atomic mass is 16.5. The van der Waals surface area contributed by atoms with Gasteiger partial charge in [0.2, 0.25) is 0 Å². The van der Waals surface area contributed by atoms with Crippen LogP contribution in [-0.4, -0.2) is 23.8 Å². The number of rotatable bonds is 3. The number of carbonyl (C=O) groups excluding carboxylic acids is 1. The van der Waals surface area contributed by atoms with E-state index in [1.54, 1.807) is 0 Å². The van der Waals surface area contributed by atoms with Crippen molar-refractivity contribution in [3.05, 3.63) is 0 Å². The zero-order valence-corrected chi connectivity index (χ0v) is 8.16. The van der Waals surface area contributed by atoms with Crippen LogP contribution in [0.1, 0.15) is 39.0 Å². The molecule has 0 amide bonds. The van der Waals surface area contributed by atoms with Crippen molar-refractivity contribution in [3.63, 3.8) is 0 Å². The number of aliphatic hydroxyl groups is 1. The molecule has 2 atom stereocenters. The van der Waals surface area contributed by atoms with E-state index in [0.29, 0.717) is 6.42 Å². The third-order valence-electron chi connectivity index (χ3n) is 2.51. The number of unbranched alkanes of at least 4 members (excludes halogenated alkanes) is 1. The molecule has 2 unspecified atom stereocenters. The number of carbonyl (C=O) groups is 1. The Balaban J connectivity index is 2.38. The third-order valence-corrected chi connectivity index (χ3v) is 2.51. The van der Waals surface area contributed by atoms with E-state index < -0.39 is 6.10 Å². The molecule has 1 N–H and O–H groups in total. The van der Waals surface area contributed by atoms with Gasteiger partial charge >= 0.3 is 5.97 Å². The summed E-state index contributed by atoms with van der Waals surface area (Å²) in [6.45, 7) is 2.29. The lowest BCUT2D eigenvalue weighted by atomic mass is 9.96. The smallest absolute Gasteiger partial charge is 0.309 e. The summed E-state index contributed by atoms with van der Waals surface area (Å²) in [6, 6.07) is 0. The van der Waals surface area contributed by atoms with Gasteiger partial charge in [-0.25, -0.2) is 0 Å². The van der Waals surface area contributed by atoms with Gasteiger partial charge < -0.3 is 9.84 Å². The van der Waals surface area contributed by atoms with Crippen LogP contribution in [0.2, 0.25) is 0 Å². The van der Waals surface area contributed by atoms with Crippen LogP contribution in [0.15, 0.2) is 0 Å². The molecule has 13 heavy (non-hydrogen) atoms. The number of hydrogen-bond donors (Lipinski definition) is 1. The fraction of sp³-hybridized carbons (Fsp3) is 0.900. The molecule has 0 saturated carbocycles. The van der Waals surface area contributed by atoms with Gasteiger partial charge in [0.05, 0.1) is 12.0 Å². The van der Waals surface area contributed by atoms with Crippen LogP contribution < -0.4 is 0 Å². The van der Waals surface area contributed by atoms with E-state index in [-0.39, 0.29) is 18.5 Å². The van der Waals surface area contributed by atoms with Crippen molar-refractivity contribution in [2.75, 3.05) is 6.61 Å². The summed E-state index contributed by atoms with van der Waals surface area (Å²) in [7, 11) is 0. The molecule has 1 fully saturated rings. The second-order valence-corrected chi connectivity index (χ2v) is 3.70. The topological polar surface area (TPSA) is 46.5 Å². The minimum Gasteiger partial charge on any atom is -0.463 e. The Morgan fingerprint density at radius 2 is 2.31 bits per heavy atom. The van der Waals surface area contributed by atoms with Crippen molar-refractivity contribution < 1.29 is 14.6 Å². The summed E-state index contributed by atoms with van der Waals surface area (Å²) in [4.78, 5) is 11.3. The first-order valence-electron chi connectivity index (χ1n) is 5.08. The van der Waals surface area contributed by atoms with Gasteiger partial charge in [0.25, 0.3) is 0 Å². The zero-order valence-electron chi connectivity index (χ0n) is 8.16. The van der Waals surface area contributed by atoms with E-state index in [4.69, 9.17) is 4.74 Å². The van der Waals surface area contributed by atoms with Gasteiger partial charge in [-0.05, 0) is 19.3 Å². The van der Waals surface area contributed by atoms with E-state index in [1.165, 1.54) is 0 Å². The maximum atomic E-state index is 11.3. The van der Waals surface area contributed by atoms with Crippen molar-refractivity contribution in [1.29, 1.82) is 0 Å². The molecule has 1 aliphatic heterocycles. The summed E-state index contributed by atoms with van der Waals surface area (Å²) < 4.78 is 4.94. The first-order valence-corrected chi connectivity index (χ1v) is 5.08. The molecule has 1 rings (SSSR count). The Hall–Kier alpha value is -0.570. The fourth-order valence-electron chi connectivity index (χ4n) is 1.60. The maximum Gasteiger partial charge on any atom is 0.309 e. The standard InChI is InChI=1S/C10H18O3/c1-2-3-4-8-5-6-9(11)7-13-10(8)12/h8-9,11H,2-7H2,1H3. The van der Waals surface area contributed by atoms with Crippen LogP contribution >= 0.6 is 0 Å². The Labute approximate surface area is 79.1 Å². The monoisotopic (exact) mass is 186 g/mol. The molecule has 0 aromatic carbocycles. The molecule has 0 aliphatic carbocycles. The molecular formula is C10H18O3. The minimum atomic E-state index is -0.449. The highest BCUT2D eigenvalue weighted by Crippen LogP contribution is 2.21. The van der Waals surface area contributed by atoms with Crippen LogP contribution in [0.5, 0.6) is 0 Å². The van der Waals surface area contributed by atoms with Crippen LogP contribution in [0.25, 0.3) is 0 Å². The minimum absolute atomic E-state index is 0.0251. The Bertz CT molecular complexity index is 168. The normalized spacial score (nSPS) is 29.5. The number of ether oxygens (including phenoxy) is 1. The second-order valence-electron chi connectivity index (χ2n) is 3.70. The van der Waals surface area contributed by atoms with Crippen LogP contribution in [0, 0.1) is 5.92 Å². The predicted octanol–water partition coefficient (Wildman–Crippen LogP) is 1.49. The predicted molar refractivity (Wildman–Crippen MR) is 49.2 cm³/mol. The molecule has 1 heterocycles. The second kappa shape index (κ2) is 5.22. The van der Waals surface area contributed by atoms with Crippen LogP contribution in [-0.2, 0) is 9.53 Å². The average Bonchev–Trinajstić information content (AvgIpc) is 2.28. The lowest BCUT2D eigenvalue weighted by Gasteiger charge is -2.10. The van der Waals surface area contributed by atoms with E-state index in [0.717, 1.165) is 25.7 Å². The molecule has 0 spiro atoms. The molecule has 1 aliphatic rings. The van der Waals surface area contributed by atoms with Crippen molar-refractivity contribution in [2.45, 2.75) is 45.1 Å². The van der Waals surface area contributed by atoms with Gasteiger partial charge in [0.15, 0.2) is 0 Å². The molecule has 0 radical (unpaired) electrons. The Morgan fingerprint density at radius 1 is 1.54 bits per heavy atom. The summed E-state index contributed by atoms with van der Waals surface area (Å²) in [5.74, 6) is -0.0953. The van der Waals surface area contributed by atoms with E-state index in [2.05, 4.69) is 6.92 Å². The molecule has 1 saturated heterocycles. The molecule has 3 nitrogen and oxygen atoms in total. The first-order chi connectivity index (χ1) is 6.24. The van der Waals surface area contributed by atoms with Crippen molar-refractivity contribution in [3.8, 4) is 0 Å². The lowest BCUT2D eigenvalue weighted by Crippen LogP contribution is -2.16. The molecule has 76 valence electrons. The molecule has 0 aromatic rings. The molecule has 0 aromatic heterocycles. The Morgan fingerprint density at radius 3 is 3.00 bits per heavy atom. The van der Waals surface area contributed by atoms with E-state index in [9.17, 15) is 9.90 Å². The zero-order chi connectivity index (χ0) is 9.68. The van der Waals surface area contributed by atoms with Gasteiger partial charge in [-0.2, -0.15) is 0 Å². The first kappa shape index (κ1) is 10.5. The van der Waals surface area contributed by atoms with Crippen molar-refractivity contribution in [2.24, 2.45) is 5.92 Å². The van der Waals surface area contributed by atoms with Crippen LogP contribution in [0.4, 0.5) is 0 Å². The summed E-state index contributed by atoms with van der Waals surface area (Å²) >= 11 is 0. The fourth-order valence-corrected chi connectivity index (χ4v) is 1.60. The van der Waals surface area contributed by atoms with Gasteiger partial charge in [-0.1, -0.05) is 19.8 Å². The molecular weight excluding hydrogens is 168 g/mol. The highest BCUT2D eigenvalue weighted by molar-refractivity contribution is 5.72. The number of esters is 1. The number of aliphatic hydroxyl groups excluding tert-OH is 1. The maximum absolute atomic E-state index is 11.3. The van der Waals surface area contributed by atoms with Gasteiger partial charge in [0.1, 0.15) is 6.61 Å². The summed E-state index contributed by atoms with van der Waals surface area (Å²) in [5, 5.41) is 9.27. The van der Waals surface area contributed by atoms with Gasteiger partial charge in [-0.3, -0.25) is 4.79 Å². The largest absolute Gasteiger partial charge is 0.463 e. The highest BCUT2D eigenvalue weighted by Gasteiger charge is 2.25. The molecule has 3 heteroatoms. The Kier molecular flexibility index (Phi) is 4.22. The third kappa shape index (κ3) is 3.35. The summed E-state index contributed by atoms with van der Waals surface area (Å²) in [5.41, 5.74) is 0.